The van der Waals surface area contributed by atoms with Gasteiger partial charge in [0.1, 0.15) is 13.2 Å². The molecule has 0 unspecified atom stereocenters. The van der Waals surface area contributed by atoms with Crippen molar-refractivity contribution < 1.29 is 18.9 Å². The molecule has 12 rings (SSSR count). The van der Waals surface area contributed by atoms with Crippen LogP contribution in [0.25, 0.3) is 48.8 Å². The second-order valence-corrected chi connectivity index (χ2v) is 32.2. The predicted octanol–water partition coefficient (Wildman–Crippen LogP) is 17.2. The lowest BCUT2D eigenvalue weighted by Gasteiger charge is -2.20. The van der Waals surface area contributed by atoms with Crippen molar-refractivity contribution in [3.8, 4) is 71.8 Å². The lowest BCUT2D eigenvalue weighted by molar-refractivity contribution is 0.140. The van der Waals surface area contributed by atoms with Gasteiger partial charge in [0.05, 0.1) is 70.4 Å². The van der Waals surface area contributed by atoms with Crippen molar-refractivity contribution in [2.24, 2.45) is 5.41 Å². The number of thioether (sulfide) groups is 10. The third kappa shape index (κ3) is 7.49. The van der Waals surface area contributed by atoms with E-state index >= 15 is 0 Å². The van der Waals surface area contributed by atoms with E-state index in [9.17, 15) is 0 Å². The number of hydrogen-bond donors (Lipinski definition) is 0. The minimum absolute atomic E-state index is 0.135. The fraction of sp³-hybridized carbons (Fsp3) is 0.415. The first-order valence-corrected chi connectivity index (χ1v) is 34.8. The average molecular weight is 1110 g/mol. The molecule has 0 fully saturated rings. The summed E-state index contributed by atoms with van der Waals surface area (Å²) in [5, 5.41) is 0. The second kappa shape index (κ2) is 17.8. The Hall–Kier alpha value is 0.900. The van der Waals surface area contributed by atoms with E-state index in [1.807, 2.05) is 162 Å². The molecule has 6 aliphatic rings. The Morgan fingerprint density at radius 2 is 0.607 bits per heavy atom. The molecule has 61 heavy (non-hydrogen) atoms. The van der Waals surface area contributed by atoms with E-state index in [0.717, 1.165) is 55.8 Å². The molecule has 4 nitrogen and oxygen atoms in total. The fourth-order valence-electron chi connectivity index (χ4n) is 7.70. The van der Waals surface area contributed by atoms with E-state index in [1.54, 1.807) is 0 Å². The Balaban J connectivity index is 1.03. The summed E-state index contributed by atoms with van der Waals surface area (Å²) in [6.45, 7) is 6.76. The number of hydrogen-bond acceptors (Lipinski definition) is 20. The summed E-state index contributed by atoms with van der Waals surface area (Å²) in [5.74, 6) is 12.7. The van der Waals surface area contributed by atoms with Crippen LogP contribution in [0.4, 0.5) is 0 Å². The molecular weight excluding hydrogens is 1070 g/mol. The second-order valence-electron chi connectivity index (χ2n) is 15.1. The third-order valence-corrected chi connectivity index (χ3v) is 32.2. The molecule has 0 bridgehead atoms. The van der Waals surface area contributed by atoms with Gasteiger partial charge in [0.25, 0.3) is 0 Å². The SMILES string of the molecule is CSc1sc(-c2sc(-c3sc(-c4sc(-c5sc(-c6sc(SC)c7c6SCCS7)c6c5SCCS6)c5c4OCC(C)(C)CO5)c4c3OCCO4)c3c2SCCS3)c2c1SCCS2. The van der Waals surface area contributed by atoms with Crippen LogP contribution in [0, 0.1) is 5.41 Å². The molecule has 0 aromatic carbocycles. The summed E-state index contributed by atoms with van der Waals surface area (Å²) in [5.41, 5.74) is -0.135. The van der Waals surface area contributed by atoms with Crippen LogP contribution in [0.15, 0.2) is 47.6 Å². The summed E-state index contributed by atoms with van der Waals surface area (Å²) < 4.78 is 30.3. The Labute approximate surface area is 422 Å². The molecular formula is C41H36O4S16. The summed E-state index contributed by atoms with van der Waals surface area (Å²) >= 11 is 31.8. The summed E-state index contributed by atoms with van der Waals surface area (Å²) in [6, 6.07) is 0. The third-order valence-electron chi connectivity index (χ3n) is 10.4. The maximum absolute atomic E-state index is 6.98. The molecule has 0 N–H and O–H groups in total. The molecule has 6 aromatic rings. The van der Waals surface area contributed by atoms with Crippen LogP contribution in [0.5, 0.6) is 23.0 Å². The lowest BCUT2D eigenvalue weighted by Crippen LogP contribution is -2.26. The summed E-state index contributed by atoms with van der Waals surface area (Å²) in [7, 11) is 0. The minimum atomic E-state index is -0.135. The Bertz CT molecular complexity index is 2710. The van der Waals surface area contributed by atoms with Crippen molar-refractivity contribution in [2.75, 3.05) is 85.0 Å². The monoisotopic (exact) mass is 1100 g/mol. The van der Waals surface area contributed by atoms with Gasteiger partial charge in [-0.1, -0.05) is 13.8 Å². The first kappa shape index (κ1) is 43.2. The van der Waals surface area contributed by atoms with Crippen LogP contribution in [-0.2, 0) is 0 Å². The van der Waals surface area contributed by atoms with Crippen LogP contribution in [0.2, 0.25) is 0 Å². The number of rotatable bonds is 7. The van der Waals surface area contributed by atoms with E-state index < -0.39 is 0 Å². The molecule has 0 spiro atoms. The zero-order chi connectivity index (χ0) is 41.0. The summed E-state index contributed by atoms with van der Waals surface area (Å²) in [6.07, 6.45) is 4.47. The highest BCUT2D eigenvalue weighted by molar-refractivity contribution is 8.08. The highest BCUT2D eigenvalue weighted by Gasteiger charge is 2.40. The van der Waals surface area contributed by atoms with Gasteiger partial charge in [-0.2, -0.15) is 0 Å². The van der Waals surface area contributed by atoms with Crippen LogP contribution in [0.3, 0.4) is 0 Å². The molecule has 0 radical (unpaired) electrons. The normalized spacial score (nSPS) is 19.0. The van der Waals surface area contributed by atoms with E-state index in [-0.39, 0.29) is 5.41 Å². The van der Waals surface area contributed by atoms with E-state index in [0.29, 0.717) is 26.4 Å². The molecule has 0 aliphatic carbocycles. The van der Waals surface area contributed by atoms with Gasteiger partial charge < -0.3 is 18.9 Å². The highest BCUT2D eigenvalue weighted by atomic mass is 32.2. The standard InChI is InChI=1S/C41H36O4S16/c1-41(2)15-44-19-20(45-16-41)24(32-26-28(51-10-8-49-26)34(59-32)36-30-38(40(47-4)61-36)55-14-12-53-30)57-22(19)21-17-18(43-6-5-42-17)23(56-21)31-25-27(50-9-7-48-25)33(58-31)35-29-37(39(46-3)60-35)54-13-11-52-29/h5-16H2,1-4H3. The van der Waals surface area contributed by atoms with Crippen LogP contribution < -0.4 is 18.9 Å². The predicted molar refractivity (Wildman–Crippen MR) is 286 cm³/mol. The maximum atomic E-state index is 6.98. The first-order chi connectivity index (χ1) is 29.9. The zero-order valence-corrected chi connectivity index (χ0v) is 46.2. The smallest absolute Gasteiger partial charge is 0.181 e. The molecule has 0 amide bonds. The summed E-state index contributed by atoms with van der Waals surface area (Å²) in [4.78, 5) is 24.8. The number of thiophene rings is 6. The number of fused-ring (bicyclic) bond motifs is 6. The van der Waals surface area contributed by atoms with Crippen molar-refractivity contribution in [2.45, 2.75) is 61.4 Å². The number of ether oxygens (including phenoxy) is 4. The van der Waals surface area contributed by atoms with Crippen molar-refractivity contribution in [3.05, 3.63) is 0 Å². The Morgan fingerprint density at radius 3 is 0.967 bits per heavy atom. The lowest BCUT2D eigenvalue weighted by atomic mass is 9.97. The van der Waals surface area contributed by atoms with Gasteiger partial charge in [-0.3, -0.25) is 0 Å². The van der Waals surface area contributed by atoms with Crippen LogP contribution >= 0.6 is 186 Å². The molecule has 6 aromatic heterocycles. The van der Waals surface area contributed by atoms with Gasteiger partial charge in [0.15, 0.2) is 23.0 Å². The molecule has 6 aliphatic heterocycles. The topological polar surface area (TPSA) is 36.9 Å². The highest BCUT2D eigenvalue weighted by Crippen LogP contribution is 2.68. The van der Waals surface area contributed by atoms with E-state index in [1.165, 1.54) is 110 Å². The minimum Gasteiger partial charge on any atom is -0.487 e. The van der Waals surface area contributed by atoms with E-state index in [4.69, 9.17) is 18.9 Å². The largest absolute Gasteiger partial charge is 0.487 e. The average Bonchev–Trinajstić information content (AvgIpc) is 4.14. The van der Waals surface area contributed by atoms with Crippen molar-refractivity contribution in [1.82, 2.24) is 0 Å². The Kier molecular flexibility index (Phi) is 12.6. The molecule has 0 atom stereocenters. The van der Waals surface area contributed by atoms with Crippen LogP contribution in [-0.4, -0.2) is 85.0 Å². The molecule has 12 heterocycles. The van der Waals surface area contributed by atoms with Crippen molar-refractivity contribution in [3.63, 3.8) is 0 Å². The van der Waals surface area contributed by atoms with Gasteiger partial charge in [-0.05, 0) is 12.5 Å². The molecule has 20 heteroatoms. The first-order valence-electron chi connectivity index (χ1n) is 19.5. The van der Waals surface area contributed by atoms with E-state index in [2.05, 4.69) is 49.9 Å². The quantitative estimate of drug-likeness (QED) is 0.142. The van der Waals surface area contributed by atoms with Gasteiger partial charge in [-0.25, -0.2) is 0 Å². The molecule has 0 saturated heterocycles. The Morgan fingerprint density at radius 1 is 0.344 bits per heavy atom. The maximum Gasteiger partial charge on any atom is 0.181 e. The fourth-order valence-corrected chi connectivity index (χ4v) is 29.8. The molecule has 320 valence electrons. The van der Waals surface area contributed by atoms with Crippen molar-refractivity contribution >= 4 is 186 Å². The van der Waals surface area contributed by atoms with Crippen molar-refractivity contribution in [1.29, 1.82) is 0 Å². The van der Waals surface area contributed by atoms with Crippen LogP contribution in [0.1, 0.15) is 13.8 Å². The van der Waals surface area contributed by atoms with Gasteiger partial charge in [-0.15, -0.1) is 186 Å². The molecule has 0 saturated carbocycles. The van der Waals surface area contributed by atoms with Gasteiger partial charge in [0.2, 0.25) is 0 Å². The van der Waals surface area contributed by atoms with Gasteiger partial charge >= 0.3 is 0 Å². The van der Waals surface area contributed by atoms with Gasteiger partial charge in [0, 0.05) is 90.6 Å². The zero-order valence-electron chi connectivity index (χ0n) is 33.2.